The predicted molar refractivity (Wildman–Crippen MR) is 52.7 cm³/mol. The van der Waals surface area contributed by atoms with Gasteiger partial charge in [0.05, 0.1) is 6.10 Å². The van der Waals surface area contributed by atoms with Gasteiger partial charge in [-0.3, -0.25) is 4.79 Å². The van der Waals surface area contributed by atoms with E-state index in [-0.39, 0.29) is 6.10 Å². The quantitative estimate of drug-likeness (QED) is 0.614. The van der Waals surface area contributed by atoms with Crippen molar-refractivity contribution in [2.75, 3.05) is 6.61 Å². The van der Waals surface area contributed by atoms with Gasteiger partial charge in [-0.1, -0.05) is 19.8 Å². The van der Waals surface area contributed by atoms with E-state index in [1.807, 2.05) is 0 Å². The molecule has 2 heteroatoms. The molecule has 1 aliphatic carbocycles. The van der Waals surface area contributed by atoms with Gasteiger partial charge < -0.3 is 4.74 Å². The molecule has 13 heavy (non-hydrogen) atoms. The molecule has 0 heterocycles. The third kappa shape index (κ3) is 4.41. The summed E-state index contributed by atoms with van der Waals surface area (Å²) in [4.78, 5) is 11.1. The van der Waals surface area contributed by atoms with Crippen molar-refractivity contribution < 1.29 is 9.53 Å². The number of carbonyl (C=O) groups excluding carboxylic acids is 1. The van der Waals surface area contributed by atoms with Crippen LogP contribution in [-0.4, -0.2) is 18.5 Å². The van der Waals surface area contributed by atoms with Crippen molar-refractivity contribution in [1.29, 1.82) is 0 Å². The normalized spacial score (nSPS) is 23.5. The van der Waals surface area contributed by atoms with Crippen LogP contribution in [-0.2, 0) is 9.53 Å². The lowest BCUT2D eigenvalue weighted by Gasteiger charge is -2.21. The Hall–Kier alpha value is -0.370. The van der Waals surface area contributed by atoms with E-state index in [4.69, 9.17) is 4.74 Å². The molecule has 1 rings (SSSR count). The fourth-order valence-corrected chi connectivity index (χ4v) is 1.73. The van der Waals surface area contributed by atoms with E-state index in [0.717, 1.165) is 32.3 Å². The summed E-state index contributed by atoms with van der Waals surface area (Å²) >= 11 is 0. The van der Waals surface area contributed by atoms with Crippen molar-refractivity contribution in [3.05, 3.63) is 0 Å². The first kappa shape index (κ1) is 10.7. The minimum atomic E-state index is 0.234. The average Bonchev–Trinajstić information content (AvgIpc) is 2.13. The Morgan fingerprint density at radius 3 is 3.00 bits per heavy atom. The number of rotatable bonds is 5. The monoisotopic (exact) mass is 184 g/mol. The molecule has 0 spiro atoms. The largest absolute Gasteiger partial charge is 0.378 e. The zero-order chi connectivity index (χ0) is 9.52. The molecule has 1 fully saturated rings. The van der Waals surface area contributed by atoms with Gasteiger partial charge in [-0.2, -0.15) is 0 Å². The zero-order valence-electron chi connectivity index (χ0n) is 8.55. The molecule has 0 aliphatic heterocycles. The van der Waals surface area contributed by atoms with Crippen molar-refractivity contribution in [2.45, 2.75) is 58.0 Å². The van der Waals surface area contributed by atoms with Crippen LogP contribution in [0.4, 0.5) is 0 Å². The molecule has 1 unspecified atom stereocenters. The van der Waals surface area contributed by atoms with Gasteiger partial charge in [0.25, 0.3) is 0 Å². The van der Waals surface area contributed by atoms with Crippen molar-refractivity contribution >= 4 is 5.78 Å². The molecule has 1 saturated carbocycles. The van der Waals surface area contributed by atoms with Crippen LogP contribution < -0.4 is 0 Å². The number of unbranched alkanes of at least 4 members (excludes halogenated alkanes) is 2. The molecule has 0 saturated heterocycles. The summed E-state index contributed by atoms with van der Waals surface area (Å²) in [5, 5.41) is 0. The van der Waals surface area contributed by atoms with E-state index >= 15 is 0 Å². The fourth-order valence-electron chi connectivity index (χ4n) is 1.73. The minimum Gasteiger partial charge on any atom is -0.378 e. The molecule has 76 valence electrons. The van der Waals surface area contributed by atoms with Gasteiger partial charge in [0.1, 0.15) is 5.78 Å². The standard InChI is InChI=1S/C11H20O2/c1-2-3-4-8-13-11-7-5-6-10(12)9-11/h11H,2-9H2,1H3. The highest BCUT2D eigenvalue weighted by Crippen LogP contribution is 2.17. The van der Waals surface area contributed by atoms with E-state index in [1.54, 1.807) is 0 Å². The lowest BCUT2D eigenvalue weighted by atomic mass is 9.96. The van der Waals surface area contributed by atoms with Gasteiger partial charge >= 0.3 is 0 Å². The smallest absolute Gasteiger partial charge is 0.135 e. The first-order valence-electron chi connectivity index (χ1n) is 5.46. The number of hydrogen-bond donors (Lipinski definition) is 0. The van der Waals surface area contributed by atoms with Crippen LogP contribution in [0.1, 0.15) is 51.9 Å². The van der Waals surface area contributed by atoms with Gasteiger partial charge in [0.15, 0.2) is 0 Å². The minimum absolute atomic E-state index is 0.234. The van der Waals surface area contributed by atoms with Gasteiger partial charge in [0.2, 0.25) is 0 Å². The molecule has 0 aromatic carbocycles. The fraction of sp³-hybridized carbons (Fsp3) is 0.909. The average molecular weight is 184 g/mol. The molecule has 0 bridgehead atoms. The first-order chi connectivity index (χ1) is 6.33. The lowest BCUT2D eigenvalue weighted by Crippen LogP contribution is -2.23. The van der Waals surface area contributed by atoms with Gasteiger partial charge in [-0.05, 0) is 19.3 Å². The second kappa shape index (κ2) is 6.14. The maximum absolute atomic E-state index is 11.1. The first-order valence-corrected chi connectivity index (χ1v) is 5.46. The molecule has 0 radical (unpaired) electrons. The predicted octanol–water partition coefficient (Wildman–Crippen LogP) is 2.70. The van der Waals surface area contributed by atoms with E-state index in [9.17, 15) is 4.79 Å². The summed E-state index contributed by atoms with van der Waals surface area (Å²) in [6.07, 6.45) is 7.38. The second-order valence-electron chi connectivity index (χ2n) is 3.83. The Kier molecular flexibility index (Phi) is 5.06. The molecule has 2 nitrogen and oxygen atoms in total. The molecule has 0 aromatic heterocycles. The van der Waals surface area contributed by atoms with Crippen LogP contribution in [0.5, 0.6) is 0 Å². The molecule has 0 aromatic rings. The maximum atomic E-state index is 11.1. The summed E-state index contributed by atoms with van der Waals surface area (Å²) in [6, 6.07) is 0. The Bertz CT molecular complexity index is 154. The third-order valence-electron chi connectivity index (χ3n) is 2.54. The van der Waals surface area contributed by atoms with E-state index in [1.165, 1.54) is 12.8 Å². The zero-order valence-corrected chi connectivity index (χ0v) is 8.55. The number of ether oxygens (including phenoxy) is 1. The van der Waals surface area contributed by atoms with E-state index in [0.29, 0.717) is 12.2 Å². The van der Waals surface area contributed by atoms with Crippen LogP contribution in [0, 0.1) is 0 Å². The number of Topliss-reactive ketones (excluding diaryl/α,β-unsaturated/α-hetero) is 1. The van der Waals surface area contributed by atoms with Gasteiger partial charge in [0, 0.05) is 19.4 Å². The molecule has 1 atom stereocenters. The molecular formula is C11H20O2. The van der Waals surface area contributed by atoms with E-state index in [2.05, 4.69) is 6.92 Å². The van der Waals surface area contributed by atoms with Crippen molar-refractivity contribution in [3.8, 4) is 0 Å². The van der Waals surface area contributed by atoms with E-state index < -0.39 is 0 Å². The Morgan fingerprint density at radius 1 is 1.46 bits per heavy atom. The highest BCUT2D eigenvalue weighted by molar-refractivity contribution is 5.79. The Morgan fingerprint density at radius 2 is 2.31 bits per heavy atom. The molecule has 0 N–H and O–H groups in total. The topological polar surface area (TPSA) is 26.3 Å². The van der Waals surface area contributed by atoms with Crippen LogP contribution in [0.2, 0.25) is 0 Å². The highest BCUT2D eigenvalue weighted by atomic mass is 16.5. The molecule has 1 aliphatic rings. The van der Waals surface area contributed by atoms with Gasteiger partial charge in [-0.25, -0.2) is 0 Å². The lowest BCUT2D eigenvalue weighted by molar-refractivity contribution is -0.124. The van der Waals surface area contributed by atoms with Crippen molar-refractivity contribution in [2.24, 2.45) is 0 Å². The number of carbonyl (C=O) groups is 1. The Labute approximate surface area is 80.7 Å². The number of ketones is 1. The van der Waals surface area contributed by atoms with Crippen LogP contribution >= 0.6 is 0 Å². The van der Waals surface area contributed by atoms with Crippen LogP contribution in [0.15, 0.2) is 0 Å². The summed E-state index contributed by atoms with van der Waals surface area (Å²) in [7, 11) is 0. The van der Waals surface area contributed by atoms with Gasteiger partial charge in [-0.15, -0.1) is 0 Å². The maximum Gasteiger partial charge on any atom is 0.135 e. The van der Waals surface area contributed by atoms with Crippen molar-refractivity contribution in [3.63, 3.8) is 0 Å². The SMILES string of the molecule is CCCCCOC1CCCC(=O)C1. The summed E-state index contributed by atoms with van der Waals surface area (Å²) in [5.41, 5.74) is 0. The Balaban J connectivity index is 2.03. The summed E-state index contributed by atoms with van der Waals surface area (Å²) in [6.45, 7) is 3.02. The van der Waals surface area contributed by atoms with Crippen LogP contribution in [0.3, 0.4) is 0 Å². The number of hydrogen-bond acceptors (Lipinski definition) is 2. The molecule has 0 amide bonds. The third-order valence-corrected chi connectivity index (χ3v) is 2.54. The van der Waals surface area contributed by atoms with Crippen LogP contribution in [0.25, 0.3) is 0 Å². The molecular weight excluding hydrogens is 164 g/mol. The summed E-state index contributed by atoms with van der Waals surface area (Å²) < 4.78 is 5.63. The highest BCUT2D eigenvalue weighted by Gasteiger charge is 2.19. The summed E-state index contributed by atoms with van der Waals surface area (Å²) in [5.74, 6) is 0.381. The van der Waals surface area contributed by atoms with Crippen molar-refractivity contribution in [1.82, 2.24) is 0 Å². The second-order valence-corrected chi connectivity index (χ2v) is 3.83.